The molecule has 1 aliphatic heterocycles. The number of likely N-dealkylation sites (tertiary alicyclic amines) is 1. The van der Waals surface area contributed by atoms with Crippen molar-refractivity contribution >= 4 is 11.9 Å². The third-order valence-electron chi connectivity index (χ3n) is 3.21. The summed E-state index contributed by atoms with van der Waals surface area (Å²) in [4.78, 5) is 23.9. The maximum absolute atomic E-state index is 13.5. The predicted molar refractivity (Wildman–Crippen MR) is 62.6 cm³/mol. The summed E-state index contributed by atoms with van der Waals surface area (Å²) >= 11 is 0. The highest BCUT2D eigenvalue weighted by Crippen LogP contribution is 2.23. The fraction of sp³-hybridized carbons (Fsp3) is 0.385. The van der Waals surface area contributed by atoms with Gasteiger partial charge >= 0.3 is 5.97 Å². The molecule has 1 heterocycles. The quantitative estimate of drug-likeness (QED) is 0.911. The van der Waals surface area contributed by atoms with Crippen LogP contribution in [0.15, 0.2) is 18.2 Å². The van der Waals surface area contributed by atoms with Crippen LogP contribution in [0.5, 0.6) is 0 Å². The smallest absolute Gasteiger partial charge is 0.303 e. The number of amides is 1. The number of nitrogens with zero attached hydrogens (tertiary/aromatic N) is 1. The molecular weight excluding hydrogens is 256 g/mol. The molecule has 1 fully saturated rings. The minimum absolute atomic E-state index is 0.0382. The van der Waals surface area contributed by atoms with Crippen LogP contribution in [0.2, 0.25) is 0 Å². The third kappa shape index (κ3) is 2.89. The Balaban J connectivity index is 2.11. The maximum Gasteiger partial charge on any atom is 0.303 e. The molecule has 1 unspecified atom stereocenters. The van der Waals surface area contributed by atoms with Crippen LogP contribution in [0, 0.1) is 17.6 Å². The lowest BCUT2D eigenvalue weighted by molar-refractivity contribution is -0.138. The van der Waals surface area contributed by atoms with Crippen molar-refractivity contribution in [1.82, 2.24) is 4.90 Å². The van der Waals surface area contributed by atoms with Crippen molar-refractivity contribution in [2.75, 3.05) is 13.1 Å². The van der Waals surface area contributed by atoms with Gasteiger partial charge in [0.1, 0.15) is 17.2 Å². The van der Waals surface area contributed by atoms with E-state index in [1.165, 1.54) is 11.0 Å². The van der Waals surface area contributed by atoms with Crippen molar-refractivity contribution in [3.05, 3.63) is 35.4 Å². The summed E-state index contributed by atoms with van der Waals surface area (Å²) in [6.45, 7) is 0.545. The minimum atomic E-state index is -0.934. The fourth-order valence-electron chi connectivity index (χ4n) is 2.29. The highest BCUT2D eigenvalue weighted by Gasteiger charge is 2.30. The van der Waals surface area contributed by atoms with Gasteiger partial charge in [-0.3, -0.25) is 9.59 Å². The van der Waals surface area contributed by atoms with Crippen molar-refractivity contribution in [2.24, 2.45) is 5.92 Å². The van der Waals surface area contributed by atoms with Gasteiger partial charge < -0.3 is 10.0 Å². The average Bonchev–Trinajstić information content (AvgIpc) is 2.76. The standard InChI is InChI=1S/C13H13F2NO3/c14-9-2-1-3-10(15)12(9)13(19)16-5-4-8(7-16)6-11(17)18/h1-3,8H,4-7H2,(H,17,18). The van der Waals surface area contributed by atoms with Gasteiger partial charge in [0.25, 0.3) is 5.91 Å². The van der Waals surface area contributed by atoms with E-state index in [0.29, 0.717) is 13.0 Å². The topological polar surface area (TPSA) is 57.6 Å². The normalized spacial score (nSPS) is 18.6. The second kappa shape index (κ2) is 5.34. The second-order valence-corrected chi connectivity index (χ2v) is 4.60. The third-order valence-corrected chi connectivity index (χ3v) is 3.21. The molecule has 0 radical (unpaired) electrons. The molecule has 0 aliphatic carbocycles. The Morgan fingerprint density at radius 2 is 1.95 bits per heavy atom. The van der Waals surface area contributed by atoms with Crippen LogP contribution in [-0.4, -0.2) is 35.0 Å². The van der Waals surface area contributed by atoms with E-state index in [-0.39, 0.29) is 18.9 Å². The summed E-state index contributed by atoms with van der Waals surface area (Å²) in [5.41, 5.74) is -0.571. The molecule has 6 heteroatoms. The van der Waals surface area contributed by atoms with E-state index in [4.69, 9.17) is 5.11 Å². The summed E-state index contributed by atoms with van der Waals surface area (Å²) in [6.07, 6.45) is 0.498. The van der Waals surface area contributed by atoms with Gasteiger partial charge in [-0.05, 0) is 24.5 Å². The molecule has 1 aromatic carbocycles. The number of carboxylic acids is 1. The van der Waals surface area contributed by atoms with Crippen LogP contribution < -0.4 is 0 Å². The molecule has 19 heavy (non-hydrogen) atoms. The van der Waals surface area contributed by atoms with Gasteiger partial charge in [-0.1, -0.05) is 6.07 Å². The van der Waals surface area contributed by atoms with Gasteiger partial charge in [0.15, 0.2) is 0 Å². The van der Waals surface area contributed by atoms with Gasteiger partial charge in [-0.2, -0.15) is 0 Å². The molecule has 1 atom stereocenters. The lowest BCUT2D eigenvalue weighted by atomic mass is 10.1. The molecule has 0 aromatic heterocycles. The van der Waals surface area contributed by atoms with E-state index in [9.17, 15) is 18.4 Å². The van der Waals surface area contributed by atoms with E-state index < -0.39 is 29.1 Å². The van der Waals surface area contributed by atoms with Crippen molar-refractivity contribution in [3.63, 3.8) is 0 Å². The first-order valence-corrected chi connectivity index (χ1v) is 5.94. The molecule has 102 valence electrons. The lowest BCUT2D eigenvalue weighted by Gasteiger charge is -2.17. The van der Waals surface area contributed by atoms with E-state index in [2.05, 4.69) is 0 Å². The molecule has 1 aliphatic rings. The van der Waals surface area contributed by atoms with Gasteiger partial charge in [-0.25, -0.2) is 8.78 Å². The summed E-state index contributed by atoms with van der Waals surface area (Å²) < 4.78 is 27.0. The Morgan fingerprint density at radius 1 is 1.32 bits per heavy atom. The van der Waals surface area contributed by atoms with E-state index in [0.717, 1.165) is 12.1 Å². The predicted octanol–water partition coefficient (Wildman–Crippen LogP) is 1.90. The number of carboxylic acid groups (broad SMARTS) is 1. The number of carbonyl (C=O) groups is 2. The Labute approximate surface area is 108 Å². The van der Waals surface area contributed by atoms with Crippen LogP contribution in [0.1, 0.15) is 23.2 Å². The van der Waals surface area contributed by atoms with E-state index in [1.54, 1.807) is 0 Å². The summed E-state index contributed by atoms with van der Waals surface area (Å²) in [7, 11) is 0. The lowest BCUT2D eigenvalue weighted by Crippen LogP contribution is -2.30. The van der Waals surface area contributed by atoms with Crippen LogP contribution in [0.25, 0.3) is 0 Å². The number of halogens is 2. The van der Waals surface area contributed by atoms with Crippen LogP contribution >= 0.6 is 0 Å². The Morgan fingerprint density at radius 3 is 2.53 bits per heavy atom. The number of carbonyl (C=O) groups excluding carboxylic acids is 1. The monoisotopic (exact) mass is 269 g/mol. The number of aliphatic carboxylic acids is 1. The summed E-state index contributed by atoms with van der Waals surface area (Å²) in [5, 5.41) is 8.68. The van der Waals surface area contributed by atoms with Crippen molar-refractivity contribution in [1.29, 1.82) is 0 Å². The molecule has 1 N–H and O–H groups in total. The molecule has 0 spiro atoms. The van der Waals surface area contributed by atoms with Crippen molar-refractivity contribution < 1.29 is 23.5 Å². The fourth-order valence-corrected chi connectivity index (χ4v) is 2.29. The van der Waals surface area contributed by atoms with E-state index in [1.807, 2.05) is 0 Å². The summed E-state index contributed by atoms with van der Waals surface area (Å²) in [6, 6.07) is 3.25. The first-order valence-electron chi connectivity index (χ1n) is 5.94. The van der Waals surface area contributed by atoms with Crippen molar-refractivity contribution in [2.45, 2.75) is 12.8 Å². The molecule has 1 aromatic rings. The van der Waals surface area contributed by atoms with Gasteiger partial charge in [0.05, 0.1) is 0 Å². The number of hydrogen-bond donors (Lipinski definition) is 1. The second-order valence-electron chi connectivity index (χ2n) is 4.60. The maximum atomic E-state index is 13.5. The summed E-state index contributed by atoms with van der Waals surface area (Å²) in [5.74, 6) is -3.60. The number of hydrogen-bond acceptors (Lipinski definition) is 2. The molecule has 1 saturated heterocycles. The molecule has 0 saturated carbocycles. The Bertz CT molecular complexity index is 498. The van der Waals surface area contributed by atoms with Crippen LogP contribution in [-0.2, 0) is 4.79 Å². The number of benzene rings is 1. The largest absolute Gasteiger partial charge is 0.481 e. The molecule has 2 rings (SSSR count). The van der Waals surface area contributed by atoms with E-state index >= 15 is 0 Å². The first-order chi connectivity index (χ1) is 8.99. The highest BCUT2D eigenvalue weighted by atomic mass is 19.1. The molecule has 4 nitrogen and oxygen atoms in total. The average molecular weight is 269 g/mol. The van der Waals surface area contributed by atoms with Gasteiger partial charge in [0, 0.05) is 19.5 Å². The number of rotatable bonds is 3. The van der Waals surface area contributed by atoms with Crippen LogP contribution in [0.3, 0.4) is 0 Å². The Kier molecular flexibility index (Phi) is 3.78. The van der Waals surface area contributed by atoms with Gasteiger partial charge in [-0.15, -0.1) is 0 Å². The SMILES string of the molecule is O=C(O)CC1CCN(C(=O)c2c(F)cccc2F)C1. The molecule has 0 bridgehead atoms. The van der Waals surface area contributed by atoms with Crippen molar-refractivity contribution in [3.8, 4) is 0 Å². The minimum Gasteiger partial charge on any atom is -0.481 e. The Hall–Kier alpha value is -1.98. The van der Waals surface area contributed by atoms with Crippen LogP contribution in [0.4, 0.5) is 8.78 Å². The zero-order chi connectivity index (χ0) is 14.0. The zero-order valence-corrected chi connectivity index (χ0v) is 10.1. The molecular formula is C13H13F2NO3. The zero-order valence-electron chi connectivity index (χ0n) is 10.1. The molecule has 1 amide bonds. The highest BCUT2D eigenvalue weighted by molar-refractivity contribution is 5.95. The van der Waals surface area contributed by atoms with Gasteiger partial charge in [0.2, 0.25) is 0 Å². The first kappa shape index (κ1) is 13.5.